The molecule has 0 amide bonds. The van der Waals surface area contributed by atoms with Crippen molar-refractivity contribution in [3.05, 3.63) is 35.5 Å². The van der Waals surface area contributed by atoms with Crippen LogP contribution in [0.1, 0.15) is 33.6 Å². The summed E-state index contributed by atoms with van der Waals surface area (Å²) in [6.07, 6.45) is 6.16. The number of hydrogen-bond donors (Lipinski definition) is 1. The zero-order valence-electron chi connectivity index (χ0n) is 9.88. The van der Waals surface area contributed by atoms with Crippen molar-refractivity contribution in [3.8, 4) is 0 Å². The minimum Gasteiger partial charge on any atom is -0.388 e. The molecule has 15 heavy (non-hydrogen) atoms. The highest BCUT2D eigenvalue weighted by atomic mass is 16.3. The van der Waals surface area contributed by atoms with Crippen LogP contribution in [0.2, 0.25) is 0 Å². The molecule has 3 atom stereocenters. The molecule has 0 fully saturated rings. The number of aliphatic hydroxyl groups is 1. The quantitative estimate of drug-likeness (QED) is 0.650. The maximum atomic E-state index is 10.0. The smallest absolute Gasteiger partial charge is 0.0792 e. The van der Waals surface area contributed by atoms with Crippen molar-refractivity contribution in [3.63, 3.8) is 0 Å². The second kappa shape index (κ2) is 3.34. The maximum absolute atomic E-state index is 10.0. The first kappa shape index (κ1) is 10.7. The van der Waals surface area contributed by atoms with Crippen LogP contribution < -0.4 is 0 Å². The normalized spacial score (nSPS) is 39.5. The number of rotatable bonds is 1. The van der Waals surface area contributed by atoms with Crippen LogP contribution in [0, 0.1) is 11.3 Å². The third-order valence-corrected chi connectivity index (χ3v) is 4.22. The van der Waals surface area contributed by atoms with E-state index in [4.69, 9.17) is 0 Å². The molecule has 2 rings (SSSR count). The summed E-state index contributed by atoms with van der Waals surface area (Å²) in [5.41, 5.74) is 3.70. The summed E-state index contributed by atoms with van der Waals surface area (Å²) < 4.78 is 0. The third kappa shape index (κ3) is 1.41. The minimum absolute atomic E-state index is 0.105. The predicted molar refractivity (Wildman–Crippen MR) is 63.5 cm³/mol. The maximum Gasteiger partial charge on any atom is 0.0792 e. The van der Waals surface area contributed by atoms with Crippen molar-refractivity contribution in [2.24, 2.45) is 11.3 Å². The fourth-order valence-electron chi connectivity index (χ4n) is 2.98. The highest BCUT2D eigenvalue weighted by Crippen LogP contribution is 2.50. The molecule has 0 aliphatic heterocycles. The molecular weight excluding hydrogens is 184 g/mol. The monoisotopic (exact) mass is 204 g/mol. The zero-order chi connectivity index (χ0) is 11.2. The van der Waals surface area contributed by atoms with Gasteiger partial charge in [-0.05, 0) is 43.8 Å². The van der Waals surface area contributed by atoms with Crippen LogP contribution >= 0.6 is 0 Å². The van der Waals surface area contributed by atoms with Gasteiger partial charge in [0.25, 0.3) is 0 Å². The molecule has 0 aromatic carbocycles. The zero-order valence-corrected chi connectivity index (χ0v) is 9.88. The first-order valence-electron chi connectivity index (χ1n) is 5.71. The summed E-state index contributed by atoms with van der Waals surface area (Å²) >= 11 is 0. The minimum atomic E-state index is -0.274. The average molecular weight is 204 g/mol. The number of aliphatic hydroxyl groups excluding tert-OH is 1. The van der Waals surface area contributed by atoms with E-state index in [1.807, 2.05) is 0 Å². The summed E-state index contributed by atoms with van der Waals surface area (Å²) in [6, 6.07) is 0. The molecular formula is C14H20O. The van der Waals surface area contributed by atoms with E-state index in [9.17, 15) is 5.11 Å². The molecule has 0 saturated heterocycles. The van der Waals surface area contributed by atoms with E-state index >= 15 is 0 Å². The molecule has 0 spiro atoms. The Morgan fingerprint density at radius 2 is 2.27 bits per heavy atom. The summed E-state index contributed by atoms with van der Waals surface area (Å²) in [4.78, 5) is 0. The topological polar surface area (TPSA) is 20.2 Å². The molecule has 0 aromatic heterocycles. The Labute approximate surface area is 92.2 Å². The number of hydrogen-bond acceptors (Lipinski definition) is 1. The number of allylic oxidation sites excluding steroid dienone is 3. The van der Waals surface area contributed by atoms with Gasteiger partial charge in [-0.25, -0.2) is 0 Å². The van der Waals surface area contributed by atoms with E-state index < -0.39 is 0 Å². The molecule has 0 saturated carbocycles. The Balaban J connectivity index is 2.50. The van der Waals surface area contributed by atoms with E-state index in [0.717, 1.165) is 18.4 Å². The fraction of sp³-hybridized carbons (Fsp3) is 0.571. The van der Waals surface area contributed by atoms with Crippen molar-refractivity contribution in [1.29, 1.82) is 0 Å². The molecule has 2 bridgehead atoms. The number of fused-ring (bicyclic) bond motifs is 1. The van der Waals surface area contributed by atoms with Gasteiger partial charge in [-0.15, -0.1) is 0 Å². The molecule has 0 radical (unpaired) electrons. The SMILES string of the molecule is C=C(C)[C@]12C=C(C(C)=CC1)[C@@H](O)C[C@H]2C. The standard InChI is InChI=1S/C14H20O/c1-9(2)14-6-5-10(3)12(8-14)13(15)7-11(14)4/h5,8,11,13,15H,1,6-7H2,2-4H3/t11-,13+,14-/m1/s1. The molecule has 1 heteroatoms. The molecule has 0 aromatic rings. The van der Waals surface area contributed by atoms with Gasteiger partial charge in [0.1, 0.15) is 0 Å². The Bertz CT molecular complexity index is 362. The first-order chi connectivity index (χ1) is 6.97. The molecule has 0 heterocycles. The van der Waals surface area contributed by atoms with Gasteiger partial charge >= 0.3 is 0 Å². The Kier molecular flexibility index (Phi) is 2.38. The van der Waals surface area contributed by atoms with Crippen molar-refractivity contribution in [1.82, 2.24) is 0 Å². The van der Waals surface area contributed by atoms with E-state index in [2.05, 4.69) is 39.5 Å². The van der Waals surface area contributed by atoms with Crippen LogP contribution in [-0.4, -0.2) is 11.2 Å². The molecule has 0 unspecified atom stereocenters. The second-order valence-electron chi connectivity index (χ2n) is 5.16. The van der Waals surface area contributed by atoms with E-state index in [1.165, 1.54) is 11.1 Å². The summed E-state index contributed by atoms with van der Waals surface area (Å²) in [5, 5.41) is 10.0. The Morgan fingerprint density at radius 3 is 2.87 bits per heavy atom. The van der Waals surface area contributed by atoms with Gasteiger partial charge in [0.15, 0.2) is 0 Å². The van der Waals surface area contributed by atoms with Gasteiger partial charge in [0.05, 0.1) is 6.10 Å². The second-order valence-corrected chi connectivity index (χ2v) is 5.16. The van der Waals surface area contributed by atoms with Gasteiger partial charge < -0.3 is 5.11 Å². The van der Waals surface area contributed by atoms with Crippen LogP contribution in [0.3, 0.4) is 0 Å². The van der Waals surface area contributed by atoms with Gasteiger partial charge in [0, 0.05) is 5.41 Å². The lowest BCUT2D eigenvalue weighted by molar-refractivity contribution is 0.125. The van der Waals surface area contributed by atoms with Crippen molar-refractivity contribution >= 4 is 0 Å². The van der Waals surface area contributed by atoms with E-state index in [1.54, 1.807) is 0 Å². The Hall–Kier alpha value is -0.820. The summed E-state index contributed by atoms with van der Waals surface area (Å²) in [6.45, 7) is 10.6. The fourth-order valence-corrected chi connectivity index (χ4v) is 2.98. The van der Waals surface area contributed by atoms with Gasteiger partial charge in [-0.3, -0.25) is 0 Å². The molecule has 1 nitrogen and oxygen atoms in total. The van der Waals surface area contributed by atoms with Crippen molar-refractivity contribution < 1.29 is 5.11 Å². The lowest BCUT2D eigenvalue weighted by Crippen LogP contribution is -2.38. The lowest BCUT2D eigenvalue weighted by atomic mass is 9.60. The first-order valence-corrected chi connectivity index (χ1v) is 5.71. The van der Waals surface area contributed by atoms with Crippen LogP contribution in [0.25, 0.3) is 0 Å². The van der Waals surface area contributed by atoms with E-state index in [-0.39, 0.29) is 11.5 Å². The summed E-state index contributed by atoms with van der Waals surface area (Å²) in [7, 11) is 0. The van der Waals surface area contributed by atoms with Crippen LogP contribution in [0.5, 0.6) is 0 Å². The van der Waals surface area contributed by atoms with E-state index in [0.29, 0.717) is 5.92 Å². The van der Waals surface area contributed by atoms with Crippen LogP contribution in [-0.2, 0) is 0 Å². The molecule has 82 valence electrons. The summed E-state index contributed by atoms with van der Waals surface area (Å²) in [5.74, 6) is 0.484. The highest BCUT2D eigenvalue weighted by Gasteiger charge is 2.42. The van der Waals surface area contributed by atoms with Crippen molar-refractivity contribution in [2.75, 3.05) is 0 Å². The molecule has 2 aliphatic rings. The average Bonchev–Trinajstić information content (AvgIpc) is 2.16. The van der Waals surface area contributed by atoms with Crippen molar-refractivity contribution in [2.45, 2.75) is 39.7 Å². The Morgan fingerprint density at radius 1 is 1.60 bits per heavy atom. The van der Waals surface area contributed by atoms with Crippen LogP contribution in [0.4, 0.5) is 0 Å². The largest absolute Gasteiger partial charge is 0.388 e. The molecule has 2 aliphatic carbocycles. The lowest BCUT2D eigenvalue weighted by Gasteiger charge is -2.45. The van der Waals surface area contributed by atoms with Gasteiger partial charge in [-0.1, -0.05) is 31.2 Å². The van der Waals surface area contributed by atoms with Gasteiger partial charge in [-0.2, -0.15) is 0 Å². The molecule has 1 N–H and O–H groups in total. The third-order valence-electron chi connectivity index (χ3n) is 4.22. The predicted octanol–water partition coefficient (Wildman–Crippen LogP) is 3.23. The highest BCUT2D eigenvalue weighted by molar-refractivity contribution is 5.44. The van der Waals surface area contributed by atoms with Crippen LogP contribution in [0.15, 0.2) is 35.5 Å². The van der Waals surface area contributed by atoms with Gasteiger partial charge in [0.2, 0.25) is 0 Å².